The van der Waals surface area contributed by atoms with Crippen LogP contribution < -0.4 is 10.6 Å². The molecule has 1 spiro atoms. The number of ether oxygens (including phenoxy) is 1. The van der Waals surface area contributed by atoms with Gasteiger partial charge in [-0.1, -0.05) is 6.58 Å². The molecule has 3 aliphatic rings. The van der Waals surface area contributed by atoms with Crippen molar-refractivity contribution in [3.05, 3.63) is 63.0 Å². The second-order valence-corrected chi connectivity index (χ2v) is 13.3. The zero-order valence-electron chi connectivity index (χ0n) is 23.6. The normalized spacial score (nSPS) is 20.2. The average molecular weight is 700 g/mol. The van der Waals surface area contributed by atoms with Crippen molar-refractivity contribution in [1.29, 1.82) is 0 Å². The van der Waals surface area contributed by atoms with Crippen molar-refractivity contribution in [3.63, 3.8) is 0 Å². The van der Waals surface area contributed by atoms with Gasteiger partial charge < -0.3 is 14.5 Å². The van der Waals surface area contributed by atoms with E-state index in [1.807, 2.05) is 0 Å². The molecule has 14 heteroatoms. The van der Waals surface area contributed by atoms with Gasteiger partial charge in [0.15, 0.2) is 0 Å². The van der Waals surface area contributed by atoms with E-state index in [-0.39, 0.29) is 64.2 Å². The molecule has 0 aliphatic carbocycles. The fourth-order valence-electron chi connectivity index (χ4n) is 6.42. The number of anilines is 1. The molecule has 4 heterocycles. The van der Waals surface area contributed by atoms with Crippen molar-refractivity contribution >= 4 is 50.3 Å². The summed E-state index contributed by atoms with van der Waals surface area (Å²) in [5.74, 6) is -1.95. The van der Waals surface area contributed by atoms with Crippen LogP contribution in [0.4, 0.5) is 27.8 Å². The number of rotatable bonds is 3. The van der Waals surface area contributed by atoms with E-state index in [2.05, 4.69) is 27.5 Å². The number of nitrogens with zero attached hydrogens (tertiary/aromatic N) is 4. The molecule has 0 N–H and O–H groups in total. The predicted octanol–water partition coefficient (Wildman–Crippen LogP) is 6.25. The number of thioether (sulfide) groups is 1. The van der Waals surface area contributed by atoms with Gasteiger partial charge >= 0.3 is 11.9 Å². The first-order valence-electron chi connectivity index (χ1n) is 14.1. The summed E-state index contributed by atoms with van der Waals surface area (Å²) in [6, 6.07) is 2.10. The summed E-state index contributed by atoms with van der Waals surface area (Å²) in [6.45, 7) is 7.13. The van der Waals surface area contributed by atoms with Crippen molar-refractivity contribution in [1.82, 2.24) is 14.5 Å². The van der Waals surface area contributed by atoms with E-state index in [9.17, 15) is 27.2 Å². The van der Waals surface area contributed by atoms with Crippen LogP contribution in [0.15, 0.2) is 45.0 Å². The number of alkyl halides is 3. The Morgan fingerprint density at radius 2 is 1.91 bits per heavy atom. The molecule has 0 radical (unpaired) electrons. The van der Waals surface area contributed by atoms with E-state index >= 15 is 4.39 Å². The lowest BCUT2D eigenvalue weighted by molar-refractivity contribution is -0.137. The lowest BCUT2D eigenvalue weighted by atomic mass is 9.82. The van der Waals surface area contributed by atoms with Gasteiger partial charge in [0.2, 0.25) is 5.91 Å². The minimum absolute atomic E-state index is 0.0713. The Kier molecular flexibility index (Phi) is 8.06. The number of hydrogen-bond acceptors (Lipinski definition) is 6. The Hall–Kier alpha value is -2.97. The first kappa shape index (κ1) is 31.0. The minimum atomic E-state index is -4.94. The summed E-state index contributed by atoms with van der Waals surface area (Å²) < 4.78 is 81.4. The molecule has 234 valence electrons. The van der Waals surface area contributed by atoms with E-state index in [0.29, 0.717) is 37.9 Å². The molecule has 2 aromatic carbocycles. The highest BCUT2D eigenvalue weighted by Gasteiger charge is 2.42. The quantitative estimate of drug-likeness (QED) is 0.183. The zero-order valence-corrected chi connectivity index (χ0v) is 26.0. The number of amides is 1. The van der Waals surface area contributed by atoms with Gasteiger partial charge in [0.1, 0.15) is 17.5 Å². The molecular weight excluding hydrogens is 671 g/mol. The number of halogens is 6. The van der Waals surface area contributed by atoms with E-state index in [4.69, 9.17) is 4.74 Å². The number of carbonyl (C=O) groups excluding carboxylic acids is 1. The molecule has 1 unspecified atom stereocenters. The van der Waals surface area contributed by atoms with Gasteiger partial charge in [0.05, 0.1) is 15.6 Å². The minimum Gasteiger partial charge on any atom is -0.381 e. The van der Waals surface area contributed by atoms with Gasteiger partial charge in [-0.15, -0.1) is 11.8 Å². The van der Waals surface area contributed by atoms with Gasteiger partial charge in [0.25, 0.3) is 0 Å². The lowest BCUT2D eigenvalue weighted by Crippen LogP contribution is -2.54. The lowest BCUT2D eigenvalue weighted by Gasteiger charge is -2.41. The molecule has 0 bridgehead atoms. The Bertz CT molecular complexity index is 1740. The van der Waals surface area contributed by atoms with Crippen LogP contribution >= 0.6 is 27.7 Å². The summed E-state index contributed by atoms with van der Waals surface area (Å²) >= 11 is 4.15. The van der Waals surface area contributed by atoms with Crippen LogP contribution in [-0.2, 0) is 22.3 Å². The van der Waals surface area contributed by atoms with Crippen LogP contribution in [0, 0.1) is 17.0 Å². The highest BCUT2D eigenvalue weighted by molar-refractivity contribution is 9.10. The zero-order chi connectivity index (χ0) is 31.6. The molecule has 1 amide bonds. The number of hydrogen-bond donors (Lipinski definition) is 0. The molecule has 6 rings (SSSR count). The van der Waals surface area contributed by atoms with Gasteiger partial charge in [-0.2, -0.15) is 18.2 Å². The highest BCUT2D eigenvalue weighted by atomic mass is 79.9. The third-order valence-corrected chi connectivity index (χ3v) is 10.8. The number of benzene rings is 2. The Balaban J connectivity index is 1.66. The number of carbonyl (C=O) groups is 1. The van der Waals surface area contributed by atoms with Gasteiger partial charge in [0, 0.05) is 84.1 Å². The number of piperazine rings is 1. The topological polar surface area (TPSA) is 67.7 Å². The molecule has 3 aromatic rings. The molecule has 44 heavy (non-hydrogen) atoms. The van der Waals surface area contributed by atoms with Crippen LogP contribution in [0.25, 0.3) is 22.0 Å². The predicted molar refractivity (Wildman–Crippen MR) is 161 cm³/mol. The second kappa shape index (κ2) is 11.4. The largest absolute Gasteiger partial charge is 0.417 e. The maximum Gasteiger partial charge on any atom is 0.417 e. The monoisotopic (exact) mass is 698 g/mol. The van der Waals surface area contributed by atoms with Crippen molar-refractivity contribution in [2.24, 2.45) is 5.41 Å². The van der Waals surface area contributed by atoms with E-state index in [1.54, 1.807) is 16.7 Å². The summed E-state index contributed by atoms with van der Waals surface area (Å²) in [5, 5.41) is 0.101. The molecule has 0 saturated carbocycles. The van der Waals surface area contributed by atoms with Crippen LogP contribution in [0.3, 0.4) is 0 Å². The first-order chi connectivity index (χ1) is 20.8. The van der Waals surface area contributed by atoms with Gasteiger partial charge in [-0.3, -0.25) is 9.36 Å². The second-order valence-electron chi connectivity index (χ2n) is 11.5. The summed E-state index contributed by atoms with van der Waals surface area (Å²) in [5.41, 5.74) is -2.87. The molecule has 3 aliphatic heterocycles. The third kappa shape index (κ3) is 5.32. The Morgan fingerprint density at radius 1 is 1.18 bits per heavy atom. The van der Waals surface area contributed by atoms with Crippen molar-refractivity contribution in [2.45, 2.75) is 43.4 Å². The van der Waals surface area contributed by atoms with Crippen LogP contribution in [0.5, 0.6) is 0 Å². The maximum atomic E-state index is 15.4. The fourth-order valence-corrected chi connectivity index (χ4v) is 8.31. The summed E-state index contributed by atoms with van der Waals surface area (Å²) in [7, 11) is 0. The molecule has 1 aromatic heterocycles. The molecule has 2 saturated heterocycles. The molecular formula is C30H28BrF5N4O3S. The van der Waals surface area contributed by atoms with E-state index in [1.165, 1.54) is 10.6 Å². The Labute approximate surface area is 262 Å². The third-order valence-electron chi connectivity index (χ3n) is 8.74. The van der Waals surface area contributed by atoms with Crippen molar-refractivity contribution in [2.75, 3.05) is 43.5 Å². The maximum absolute atomic E-state index is 15.4. The first-order valence-corrected chi connectivity index (χ1v) is 15.8. The van der Waals surface area contributed by atoms with Gasteiger partial charge in [-0.05, 0) is 53.9 Å². The van der Waals surface area contributed by atoms with Crippen LogP contribution in [0.2, 0.25) is 0 Å². The smallest absolute Gasteiger partial charge is 0.381 e. The SMILES string of the molecule is C=CC(=O)N1CCN(c2nc(=O)n3c4c(c(-c5cc(Br)c(F)cc5F)c(C(F)(F)F)cc24)SCC2(CCOCC2)C3)C(C)C1. The average Bonchev–Trinajstić information content (AvgIpc) is 3.14. The van der Waals surface area contributed by atoms with E-state index in [0.717, 1.165) is 23.9 Å². The standard InChI is InChI=1S/C30H28BrF5N4O3S/c1-3-23(41)38-6-7-39(16(2)13-38)27-18-10-19(30(34,35)36)24(17-11-20(31)22(33)12-21(17)32)26-25(18)40(28(42)37-27)14-29(15-44-26)4-8-43-9-5-29/h3,10-12,16H,1,4-9,13-15H2,2H3. The van der Waals surface area contributed by atoms with E-state index < -0.39 is 45.6 Å². The fraction of sp³-hybridized carbons (Fsp3) is 0.433. The molecule has 2 fully saturated rings. The van der Waals surface area contributed by atoms with Gasteiger partial charge in [-0.25, -0.2) is 13.6 Å². The Morgan fingerprint density at radius 3 is 2.57 bits per heavy atom. The van der Waals surface area contributed by atoms with Crippen molar-refractivity contribution < 1.29 is 31.5 Å². The molecule has 1 atom stereocenters. The summed E-state index contributed by atoms with van der Waals surface area (Å²) in [4.78, 5) is 33.9. The van der Waals surface area contributed by atoms with Crippen LogP contribution in [0.1, 0.15) is 25.3 Å². The highest BCUT2D eigenvalue weighted by Crippen LogP contribution is 2.52. The number of aromatic nitrogens is 2. The van der Waals surface area contributed by atoms with Crippen LogP contribution in [-0.4, -0.2) is 65.0 Å². The molecule has 7 nitrogen and oxygen atoms in total. The summed E-state index contributed by atoms with van der Waals surface area (Å²) in [6.07, 6.45) is -2.57. The van der Waals surface area contributed by atoms with Crippen molar-refractivity contribution in [3.8, 4) is 11.1 Å².